The molecule has 4 rings (SSSR count). The van der Waals surface area contributed by atoms with Crippen molar-refractivity contribution in [1.29, 1.82) is 5.26 Å². The predicted molar refractivity (Wildman–Crippen MR) is 80.3 cm³/mol. The lowest BCUT2D eigenvalue weighted by atomic mass is 9.99. The molecule has 2 aromatic rings. The first kappa shape index (κ1) is 13.4. The summed E-state index contributed by atoms with van der Waals surface area (Å²) in [5, 5.41) is 16.0. The zero-order chi connectivity index (χ0) is 16.0. The fourth-order valence-corrected chi connectivity index (χ4v) is 2.92. The molecule has 1 aliphatic heterocycles. The molecule has 7 nitrogen and oxygen atoms in total. The van der Waals surface area contributed by atoms with E-state index in [2.05, 4.69) is 21.3 Å². The van der Waals surface area contributed by atoms with Gasteiger partial charge in [0.05, 0.1) is 35.3 Å². The number of nitriles is 1. The van der Waals surface area contributed by atoms with Gasteiger partial charge < -0.3 is 0 Å². The molecule has 0 saturated carbocycles. The van der Waals surface area contributed by atoms with Crippen LogP contribution in [0.1, 0.15) is 33.6 Å². The highest BCUT2D eigenvalue weighted by Gasteiger charge is 2.38. The first-order chi connectivity index (χ1) is 11.2. The summed E-state index contributed by atoms with van der Waals surface area (Å²) in [6.07, 6.45) is 7.80. The van der Waals surface area contributed by atoms with Crippen molar-refractivity contribution in [3.63, 3.8) is 0 Å². The number of nitrogens with one attached hydrogen (secondary N) is 1. The highest BCUT2D eigenvalue weighted by Crippen LogP contribution is 2.29. The van der Waals surface area contributed by atoms with Crippen molar-refractivity contribution < 1.29 is 9.59 Å². The highest BCUT2D eigenvalue weighted by molar-refractivity contribution is 6.25. The molecule has 0 radical (unpaired) electrons. The largest absolute Gasteiger partial charge is 0.270 e. The molecule has 0 bridgehead atoms. The quantitative estimate of drug-likeness (QED) is 0.851. The Labute approximate surface area is 130 Å². The highest BCUT2D eigenvalue weighted by atomic mass is 16.2. The smallest absolute Gasteiger partial charge is 0.263 e. The zero-order valence-corrected chi connectivity index (χ0v) is 12.0. The Balaban J connectivity index is 1.69. The number of hydrogen-bond acceptors (Lipinski definition) is 5. The Kier molecular flexibility index (Phi) is 2.84. The molecular weight excluding hydrogens is 294 g/mol. The molecule has 23 heavy (non-hydrogen) atoms. The van der Waals surface area contributed by atoms with Gasteiger partial charge in [0.2, 0.25) is 0 Å². The Morgan fingerprint density at radius 1 is 1.22 bits per heavy atom. The van der Waals surface area contributed by atoms with E-state index in [0.29, 0.717) is 40.6 Å². The molecule has 0 spiro atoms. The second kappa shape index (κ2) is 4.88. The second-order valence-corrected chi connectivity index (χ2v) is 5.50. The number of amides is 2. The predicted octanol–water partition coefficient (Wildman–Crippen LogP) is 1.72. The van der Waals surface area contributed by atoms with Crippen LogP contribution < -0.4 is 0 Å². The zero-order valence-electron chi connectivity index (χ0n) is 12.0. The van der Waals surface area contributed by atoms with Crippen molar-refractivity contribution in [1.82, 2.24) is 20.1 Å². The van der Waals surface area contributed by atoms with Crippen molar-refractivity contribution in [3.05, 3.63) is 46.8 Å². The van der Waals surface area contributed by atoms with Gasteiger partial charge in [-0.05, 0) is 24.5 Å². The van der Waals surface area contributed by atoms with E-state index in [0.717, 1.165) is 5.57 Å². The van der Waals surface area contributed by atoms with Gasteiger partial charge in [-0.2, -0.15) is 10.4 Å². The molecule has 0 aromatic carbocycles. The Hall–Kier alpha value is -3.27. The number of imide groups is 1. The average Bonchev–Trinajstić information content (AvgIpc) is 3.14. The number of aromatic amines is 1. The second-order valence-electron chi connectivity index (χ2n) is 5.50. The van der Waals surface area contributed by atoms with Crippen molar-refractivity contribution in [3.8, 4) is 6.07 Å². The molecule has 0 unspecified atom stereocenters. The van der Waals surface area contributed by atoms with Crippen LogP contribution in [0.3, 0.4) is 0 Å². The van der Waals surface area contributed by atoms with Crippen molar-refractivity contribution in [2.45, 2.75) is 12.8 Å². The molecule has 1 N–H and O–H groups in total. The number of hydrogen-bond donors (Lipinski definition) is 1. The van der Waals surface area contributed by atoms with Gasteiger partial charge in [-0.25, -0.2) is 4.98 Å². The lowest BCUT2D eigenvalue weighted by Crippen LogP contribution is -2.32. The van der Waals surface area contributed by atoms with Crippen LogP contribution in [0, 0.1) is 11.3 Å². The fraction of sp³-hybridized carbons (Fsp3) is 0.188. The molecule has 2 aromatic heterocycles. The van der Waals surface area contributed by atoms with E-state index >= 15 is 0 Å². The maximum absolute atomic E-state index is 12.7. The van der Waals surface area contributed by atoms with Gasteiger partial charge in [-0.15, -0.1) is 0 Å². The lowest BCUT2D eigenvalue weighted by Gasteiger charge is -2.18. The summed E-state index contributed by atoms with van der Waals surface area (Å²) in [6.45, 7) is 0.237. The topological polar surface area (TPSA) is 103 Å². The molecule has 3 heterocycles. The number of carbonyl (C=O) groups is 2. The molecule has 7 heteroatoms. The molecule has 112 valence electrons. The van der Waals surface area contributed by atoms with Crippen LogP contribution in [0.25, 0.3) is 11.0 Å². The van der Waals surface area contributed by atoms with E-state index in [1.165, 1.54) is 17.3 Å². The molecule has 1 aliphatic carbocycles. The van der Waals surface area contributed by atoms with Gasteiger partial charge >= 0.3 is 0 Å². The summed E-state index contributed by atoms with van der Waals surface area (Å²) in [7, 11) is 0. The summed E-state index contributed by atoms with van der Waals surface area (Å²) in [5.41, 5.74) is 2.83. The number of rotatable bonds is 2. The monoisotopic (exact) mass is 305 g/mol. The summed E-state index contributed by atoms with van der Waals surface area (Å²) < 4.78 is 0. The number of pyridine rings is 1. The van der Waals surface area contributed by atoms with Crippen LogP contribution in [0.15, 0.2) is 35.7 Å². The fourth-order valence-electron chi connectivity index (χ4n) is 2.92. The third-order valence-electron chi connectivity index (χ3n) is 4.16. The third-order valence-corrected chi connectivity index (χ3v) is 4.16. The van der Waals surface area contributed by atoms with Crippen LogP contribution in [0.4, 0.5) is 0 Å². The average molecular weight is 305 g/mol. The first-order valence-corrected chi connectivity index (χ1v) is 7.16. The SMILES string of the molecule is N#CC1=CC=C(CN2C(=O)c3cnc4[nH]ncc4c3C2=O)CC1. The maximum atomic E-state index is 12.7. The Morgan fingerprint density at radius 3 is 2.83 bits per heavy atom. The minimum absolute atomic E-state index is 0.237. The molecule has 2 amide bonds. The molecular formula is C16H11N5O2. The Morgan fingerprint density at radius 2 is 2.09 bits per heavy atom. The van der Waals surface area contributed by atoms with Gasteiger partial charge in [0, 0.05) is 11.8 Å². The van der Waals surface area contributed by atoms with Gasteiger partial charge in [0.1, 0.15) is 0 Å². The number of allylic oxidation sites excluding steroid dienone is 3. The van der Waals surface area contributed by atoms with Crippen LogP contribution in [0.2, 0.25) is 0 Å². The van der Waals surface area contributed by atoms with Gasteiger partial charge in [0.15, 0.2) is 5.65 Å². The van der Waals surface area contributed by atoms with E-state index in [4.69, 9.17) is 5.26 Å². The standard InChI is InChI=1S/C16H11N5O2/c17-5-9-1-3-10(4-2-9)8-21-15(22)12-6-18-14-11(7-19-20-14)13(12)16(21)23/h1,3,6-7H,2,4,8H2,(H,18,19,20). The van der Waals surface area contributed by atoms with Crippen molar-refractivity contribution in [2.75, 3.05) is 6.54 Å². The summed E-state index contributed by atoms with van der Waals surface area (Å²) in [6, 6.07) is 2.12. The van der Waals surface area contributed by atoms with Gasteiger partial charge in [-0.3, -0.25) is 19.6 Å². The Bertz CT molecular complexity index is 960. The minimum atomic E-state index is -0.337. The molecule has 0 saturated heterocycles. The number of fused-ring (bicyclic) bond motifs is 3. The van der Waals surface area contributed by atoms with Crippen LogP contribution >= 0.6 is 0 Å². The third kappa shape index (κ3) is 1.96. The van der Waals surface area contributed by atoms with Crippen LogP contribution in [0.5, 0.6) is 0 Å². The van der Waals surface area contributed by atoms with Gasteiger partial charge in [0.25, 0.3) is 11.8 Å². The normalized spacial score (nSPS) is 17.1. The van der Waals surface area contributed by atoms with Crippen LogP contribution in [-0.2, 0) is 0 Å². The minimum Gasteiger partial charge on any atom is -0.270 e. The number of nitrogens with zero attached hydrogens (tertiary/aromatic N) is 4. The summed E-state index contributed by atoms with van der Waals surface area (Å²) >= 11 is 0. The lowest BCUT2D eigenvalue weighted by molar-refractivity contribution is 0.0667. The van der Waals surface area contributed by atoms with E-state index in [1.54, 1.807) is 6.08 Å². The first-order valence-electron chi connectivity index (χ1n) is 7.16. The number of carbonyl (C=O) groups excluding carboxylic acids is 2. The number of H-pyrrole nitrogens is 1. The van der Waals surface area contributed by atoms with E-state index in [1.807, 2.05) is 6.08 Å². The van der Waals surface area contributed by atoms with E-state index in [9.17, 15) is 9.59 Å². The van der Waals surface area contributed by atoms with Crippen molar-refractivity contribution in [2.24, 2.45) is 0 Å². The van der Waals surface area contributed by atoms with Gasteiger partial charge in [-0.1, -0.05) is 6.08 Å². The van der Waals surface area contributed by atoms with Crippen LogP contribution in [-0.4, -0.2) is 38.4 Å². The van der Waals surface area contributed by atoms with E-state index in [-0.39, 0.29) is 18.4 Å². The molecule has 0 fully saturated rings. The van der Waals surface area contributed by atoms with E-state index < -0.39 is 0 Å². The maximum Gasteiger partial charge on any atom is 0.263 e. The molecule has 0 atom stereocenters. The summed E-state index contributed by atoms with van der Waals surface area (Å²) in [5.74, 6) is -0.661. The summed E-state index contributed by atoms with van der Waals surface area (Å²) in [4.78, 5) is 30.5. The number of aromatic nitrogens is 3. The molecule has 2 aliphatic rings. The van der Waals surface area contributed by atoms with Crippen molar-refractivity contribution >= 4 is 22.8 Å².